The average molecular weight is 396 g/mol. The van der Waals surface area contributed by atoms with Crippen molar-refractivity contribution in [3.8, 4) is 0 Å². The first kappa shape index (κ1) is 18.8. The van der Waals surface area contributed by atoms with Gasteiger partial charge in [0, 0.05) is 11.6 Å². The van der Waals surface area contributed by atoms with E-state index in [4.69, 9.17) is 16.0 Å². The highest BCUT2D eigenvalue weighted by atomic mass is 35.5. The monoisotopic (exact) mass is 395 g/mol. The standard InChI is InChI=1S/C23H22ClNO3/c1-3-4-8-11-25-20(15-9-6-5-7-10-15)19-21(26)16-13-17(24)14(2)12-18(16)28-22(19)23(25)27/h5-7,9-10,12-13,20H,3-4,8,11H2,1-2H3. The molecule has 2 heterocycles. The van der Waals surface area contributed by atoms with E-state index in [1.165, 1.54) is 0 Å². The van der Waals surface area contributed by atoms with Crippen molar-refractivity contribution in [3.05, 3.63) is 80.2 Å². The van der Waals surface area contributed by atoms with Crippen LogP contribution in [0.2, 0.25) is 5.02 Å². The van der Waals surface area contributed by atoms with E-state index in [-0.39, 0.29) is 17.1 Å². The molecule has 0 fully saturated rings. The predicted molar refractivity (Wildman–Crippen MR) is 111 cm³/mol. The second-order valence-electron chi connectivity index (χ2n) is 7.29. The molecule has 1 aliphatic heterocycles. The molecule has 1 unspecified atom stereocenters. The van der Waals surface area contributed by atoms with Crippen LogP contribution < -0.4 is 5.43 Å². The van der Waals surface area contributed by atoms with E-state index in [1.54, 1.807) is 17.0 Å². The lowest BCUT2D eigenvalue weighted by Gasteiger charge is -2.25. The van der Waals surface area contributed by atoms with Gasteiger partial charge in [0.2, 0.25) is 5.76 Å². The SMILES string of the molecule is CCCCCN1C(=O)c2oc3cc(C)c(Cl)cc3c(=O)c2C1c1ccccc1. The summed E-state index contributed by atoms with van der Waals surface area (Å²) < 4.78 is 5.97. The number of rotatable bonds is 5. The first-order valence-electron chi connectivity index (χ1n) is 9.65. The number of halogens is 1. The fourth-order valence-corrected chi connectivity index (χ4v) is 4.05. The Balaban J connectivity index is 1.93. The third-order valence-corrected chi connectivity index (χ3v) is 5.77. The summed E-state index contributed by atoms with van der Waals surface area (Å²) in [6.45, 7) is 4.56. The average Bonchev–Trinajstić information content (AvgIpc) is 2.97. The van der Waals surface area contributed by atoms with Gasteiger partial charge in [-0.1, -0.05) is 61.7 Å². The molecule has 0 spiro atoms. The summed E-state index contributed by atoms with van der Waals surface area (Å²) in [5.41, 5.74) is 2.36. The van der Waals surface area contributed by atoms with Gasteiger partial charge in [-0.25, -0.2) is 0 Å². The quantitative estimate of drug-likeness (QED) is 0.536. The number of hydrogen-bond donors (Lipinski definition) is 0. The summed E-state index contributed by atoms with van der Waals surface area (Å²) in [4.78, 5) is 28.4. The van der Waals surface area contributed by atoms with Crippen LogP contribution in [-0.2, 0) is 0 Å². The molecule has 4 rings (SSSR count). The van der Waals surface area contributed by atoms with Gasteiger partial charge in [0.15, 0.2) is 5.43 Å². The first-order chi connectivity index (χ1) is 13.5. The van der Waals surface area contributed by atoms with Gasteiger partial charge < -0.3 is 9.32 Å². The van der Waals surface area contributed by atoms with Gasteiger partial charge in [-0.2, -0.15) is 0 Å². The predicted octanol–water partition coefficient (Wildman–Crippen LogP) is 5.49. The molecule has 28 heavy (non-hydrogen) atoms. The van der Waals surface area contributed by atoms with Crippen molar-refractivity contribution in [1.82, 2.24) is 4.90 Å². The van der Waals surface area contributed by atoms with E-state index in [1.807, 2.05) is 37.3 Å². The molecule has 0 bridgehead atoms. The number of aryl methyl sites for hydroxylation is 1. The molecular weight excluding hydrogens is 374 g/mol. The van der Waals surface area contributed by atoms with Crippen molar-refractivity contribution in [3.63, 3.8) is 0 Å². The number of fused-ring (bicyclic) bond motifs is 2. The summed E-state index contributed by atoms with van der Waals surface area (Å²) in [6.07, 6.45) is 2.97. The van der Waals surface area contributed by atoms with Crippen molar-refractivity contribution in [2.45, 2.75) is 39.2 Å². The molecule has 144 valence electrons. The molecule has 1 aromatic heterocycles. The molecule has 0 aliphatic carbocycles. The summed E-state index contributed by atoms with van der Waals surface area (Å²) in [5.74, 6) is -0.0591. The van der Waals surface area contributed by atoms with Gasteiger partial charge in [-0.15, -0.1) is 0 Å². The Morgan fingerprint density at radius 2 is 1.86 bits per heavy atom. The maximum Gasteiger partial charge on any atom is 0.290 e. The highest BCUT2D eigenvalue weighted by molar-refractivity contribution is 6.32. The van der Waals surface area contributed by atoms with Crippen LogP contribution in [0.1, 0.15) is 59.5 Å². The van der Waals surface area contributed by atoms with Crippen molar-refractivity contribution in [2.75, 3.05) is 6.54 Å². The van der Waals surface area contributed by atoms with Crippen LogP contribution >= 0.6 is 11.6 Å². The van der Waals surface area contributed by atoms with Crippen LogP contribution in [0.5, 0.6) is 0 Å². The van der Waals surface area contributed by atoms with Gasteiger partial charge in [-0.05, 0) is 36.6 Å². The molecule has 3 aromatic rings. The zero-order chi connectivity index (χ0) is 19.8. The fraction of sp³-hybridized carbons (Fsp3) is 0.304. The largest absolute Gasteiger partial charge is 0.450 e. The van der Waals surface area contributed by atoms with E-state index < -0.39 is 6.04 Å². The highest BCUT2D eigenvalue weighted by Crippen LogP contribution is 2.38. The minimum absolute atomic E-state index is 0.157. The zero-order valence-electron chi connectivity index (χ0n) is 16.0. The number of carbonyl (C=O) groups excluding carboxylic acids is 1. The van der Waals surface area contributed by atoms with Crippen molar-refractivity contribution in [2.24, 2.45) is 0 Å². The minimum atomic E-state index is -0.429. The highest BCUT2D eigenvalue weighted by Gasteiger charge is 2.42. The van der Waals surface area contributed by atoms with Gasteiger partial charge >= 0.3 is 0 Å². The first-order valence-corrected chi connectivity index (χ1v) is 10.0. The van der Waals surface area contributed by atoms with Crippen LogP contribution in [0.4, 0.5) is 0 Å². The maximum absolute atomic E-state index is 13.4. The van der Waals surface area contributed by atoms with Gasteiger partial charge in [-0.3, -0.25) is 9.59 Å². The molecule has 0 N–H and O–H groups in total. The fourth-order valence-electron chi connectivity index (χ4n) is 3.89. The summed E-state index contributed by atoms with van der Waals surface area (Å²) >= 11 is 6.25. The van der Waals surface area contributed by atoms with E-state index in [2.05, 4.69) is 6.92 Å². The van der Waals surface area contributed by atoms with E-state index in [9.17, 15) is 9.59 Å². The molecule has 5 heteroatoms. The van der Waals surface area contributed by atoms with E-state index in [0.29, 0.717) is 28.1 Å². The van der Waals surface area contributed by atoms with Gasteiger partial charge in [0.25, 0.3) is 5.91 Å². The maximum atomic E-state index is 13.4. The normalized spacial score (nSPS) is 16.0. The van der Waals surface area contributed by atoms with Crippen LogP contribution in [0.25, 0.3) is 11.0 Å². The van der Waals surface area contributed by atoms with Crippen LogP contribution in [0.3, 0.4) is 0 Å². The molecule has 1 amide bonds. The minimum Gasteiger partial charge on any atom is -0.450 e. The van der Waals surface area contributed by atoms with Crippen LogP contribution in [0.15, 0.2) is 51.7 Å². The second-order valence-corrected chi connectivity index (χ2v) is 7.70. The van der Waals surface area contributed by atoms with Crippen molar-refractivity contribution in [1.29, 1.82) is 0 Å². The van der Waals surface area contributed by atoms with Gasteiger partial charge in [0.1, 0.15) is 5.58 Å². The third kappa shape index (κ3) is 3.02. The number of carbonyl (C=O) groups is 1. The third-order valence-electron chi connectivity index (χ3n) is 5.36. The number of hydrogen-bond acceptors (Lipinski definition) is 3. The molecule has 0 radical (unpaired) electrons. The van der Waals surface area contributed by atoms with Gasteiger partial charge in [0.05, 0.1) is 17.0 Å². The van der Waals surface area contributed by atoms with E-state index in [0.717, 1.165) is 30.4 Å². The molecule has 2 aromatic carbocycles. The number of benzene rings is 2. The molecule has 1 atom stereocenters. The van der Waals surface area contributed by atoms with Crippen LogP contribution in [-0.4, -0.2) is 17.4 Å². The summed E-state index contributed by atoms with van der Waals surface area (Å²) in [7, 11) is 0. The smallest absolute Gasteiger partial charge is 0.290 e. The lowest BCUT2D eigenvalue weighted by atomic mass is 9.98. The Hall–Kier alpha value is -2.59. The summed E-state index contributed by atoms with van der Waals surface area (Å²) in [5, 5.41) is 0.929. The molecular formula is C23H22ClNO3. The molecule has 4 nitrogen and oxygen atoms in total. The zero-order valence-corrected chi connectivity index (χ0v) is 16.8. The lowest BCUT2D eigenvalue weighted by molar-refractivity contribution is 0.0724. The summed E-state index contributed by atoms with van der Waals surface area (Å²) in [6, 6.07) is 12.6. The number of unbranched alkanes of at least 4 members (excludes halogenated alkanes) is 2. The topological polar surface area (TPSA) is 50.5 Å². The Labute approximate surface area is 168 Å². The van der Waals surface area contributed by atoms with Crippen LogP contribution in [0, 0.1) is 6.92 Å². The second kappa shape index (κ2) is 7.44. The Bertz CT molecular complexity index is 1100. The Morgan fingerprint density at radius 3 is 2.57 bits per heavy atom. The molecule has 1 aliphatic rings. The molecule has 0 saturated carbocycles. The van der Waals surface area contributed by atoms with Crippen molar-refractivity contribution >= 4 is 28.5 Å². The number of nitrogens with zero attached hydrogens (tertiary/aromatic N) is 1. The number of amides is 1. The Kier molecular flexibility index (Phi) is 4.98. The van der Waals surface area contributed by atoms with Crippen molar-refractivity contribution < 1.29 is 9.21 Å². The molecule has 0 saturated heterocycles. The van der Waals surface area contributed by atoms with E-state index >= 15 is 0 Å². The Morgan fingerprint density at radius 1 is 1.11 bits per heavy atom. The lowest BCUT2D eigenvalue weighted by Crippen LogP contribution is -2.30.